The molecule has 1 aliphatic heterocycles. The number of benzene rings is 1. The summed E-state index contributed by atoms with van der Waals surface area (Å²) in [4.78, 5) is 0. The summed E-state index contributed by atoms with van der Waals surface area (Å²) in [6.07, 6.45) is 3.68. The standard InChI is InChI=1S/C16H22BFO2/c1-15(2)16(3,4)20-17(19-15)13-10-12(8-9-14(13)18)11-6-5-7-11/h8-11H,5-7H2,1-4H3. The van der Waals surface area contributed by atoms with E-state index in [2.05, 4.69) is 0 Å². The molecule has 0 bridgehead atoms. The largest absolute Gasteiger partial charge is 0.497 e. The van der Waals surface area contributed by atoms with Crippen molar-refractivity contribution in [3.05, 3.63) is 29.6 Å². The first-order chi connectivity index (χ1) is 9.30. The minimum Gasteiger partial charge on any atom is -0.399 e. The molecule has 1 saturated heterocycles. The van der Waals surface area contributed by atoms with Crippen LogP contribution >= 0.6 is 0 Å². The molecule has 2 fully saturated rings. The van der Waals surface area contributed by atoms with Gasteiger partial charge in [0.1, 0.15) is 5.82 Å². The third-order valence-corrected chi connectivity index (χ3v) is 5.10. The Kier molecular flexibility index (Phi) is 3.22. The number of rotatable bonds is 2. The van der Waals surface area contributed by atoms with Gasteiger partial charge in [0, 0.05) is 5.46 Å². The fourth-order valence-corrected chi connectivity index (χ4v) is 2.71. The Bertz CT molecular complexity index is 507. The maximum Gasteiger partial charge on any atom is 0.497 e. The Morgan fingerprint density at radius 3 is 2.20 bits per heavy atom. The van der Waals surface area contributed by atoms with Gasteiger partial charge >= 0.3 is 7.12 Å². The zero-order valence-electron chi connectivity index (χ0n) is 12.7. The Balaban J connectivity index is 1.90. The second-order valence-corrected chi connectivity index (χ2v) is 7.00. The van der Waals surface area contributed by atoms with Crippen molar-refractivity contribution in [3.63, 3.8) is 0 Å². The quantitative estimate of drug-likeness (QED) is 0.771. The van der Waals surface area contributed by atoms with Crippen LogP contribution in [0.15, 0.2) is 18.2 Å². The Morgan fingerprint density at radius 2 is 1.70 bits per heavy atom. The van der Waals surface area contributed by atoms with Crippen LogP contribution in [-0.2, 0) is 9.31 Å². The zero-order chi connectivity index (χ0) is 14.5. The van der Waals surface area contributed by atoms with Crippen molar-refractivity contribution in [1.29, 1.82) is 0 Å². The molecule has 0 amide bonds. The molecule has 1 heterocycles. The van der Waals surface area contributed by atoms with Gasteiger partial charge in [-0.25, -0.2) is 4.39 Å². The molecule has 0 N–H and O–H groups in total. The summed E-state index contributed by atoms with van der Waals surface area (Å²) >= 11 is 0. The van der Waals surface area contributed by atoms with Gasteiger partial charge in [-0.1, -0.05) is 18.6 Å². The predicted octanol–water partition coefficient (Wildman–Crippen LogP) is 3.39. The summed E-state index contributed by atoms with van der Waals surface area (Å²) in [6.45, 7) is 7.95. The molecule has 1 aliphatic carbocycles. The third-order valence-electron chi connectivity index (χ3n) is 5.10. The van der Waals surface area contributed by atoms with Crippen LogP contribution in [0.1, 0.15) is 58.4 Å². The van der Waals surface area contributed by atoms with Gasteiger partial charge in [-0.2, -0.15) is 0 Å². The van der Waals surface area contributed by atoms with E-state index in [9.17, 15) is 4.39 Å². The number of hydrogen-bond acceptors (Lipinski definition) is 2. The molecule has 1 aromatic rings. The van der Waals surface area contributed by atoms with Crippen LogP contribution in [0.25, 0.3) is 0 Å². The molecule has 2 aliphatic rings. The van der Waals surface area contributed by atoms with E-state index >= 15 is 0 Å². The van der Waals surface area contributed by atoms with E-state index < -0.39 is 18.3 Å². The van der Waals surface area contributed by atoms with Crippen molar-refractivity contribution in [1.82, 2.24) is 0 Å². The van der Waals surface area contributed by atoms with Crippen LogP contribution in [-0.4, -0.2) is 18.3 Å². The lowest BCUT2D eigenvalue weighted by Crippen LogP contribution is -2.41. The van der Waals surface area contributed by atoms with Crippen molar-refractivity contribution in [3.8, 4) is 0 Å². The summed E-state index contributed by atoms with van der Waals surface area (Å²) in [5.74, 6) is 0.336. The minimum absolute atomic E-state index is 0.244. The lowest BCUT2D eigenvalue weighted by Gasteiger charge is -2.32. The van der Waals surface area contributed by atoms with E-state index in [1.165, 1.54) is 24.8 Å². The van der Waals surface area contributed by atoms with Crippen molar-refractivity contribution >= 4 is 12.6 Å². The predicted molar refractivity (Wildman–Crippen MR) is 78.7 cm³/mol. The lowest BCUT2D eigenvalue weighted by atomic mass is 9.74. The monoisotopic (exact) mass is 276 g/mol. The molecule has 4 heteroatoms. The van der Waals surface area contributed by atoms with Gasteiger partial charge in [-0.15, -0.1) is 0 Å². The van der Waals surface area contributed by atoms with E-state index in [0.717, 1.165) is 0 Å². The summed E-state index contributed by atoms with van der Waals surface area (Å²) < 4.78 is 26.1. The van der Waals surface area contributed by atoms with Gasteiger partial charge in [0.15, 0.2) is 0 Å². The minimum atomic E-state index is -0.611. The fourth-order valence-electron chi connectivity index (χ4n) is 2.71. The van der Waals surface area contributed by atoms with Crippen LogP contribution in [0.3, 0.4) is 0 Å². The SMILES string of the molecule is CC1(C)OB(c2cc(C3CCC3)ccc2F)OC1(C)C. The first-order valence-electron chi connectivity index (χ1n) is 7.45. The van der Waals surface area contributed by atoms with Gasteiger partial charge in [-0.05, 0) is 58.1 Å². The highest BCUT2D eigenvalue weighted by Crippen LogP contribution is 2.38. The normalized spacial score (nSPS) is 24.8. The zero-order valence-corrected chi connectivity index (χ0v) is 12.7. The van der Waals surface area contributed by atoms with Crippen LogP contribution in [0.4, 0.5) is 4.39 Å². The molecule has 1 aromatic carbocycles. The van der Waals surface area contributed by atoms with Gasteiger partial charge < -0.3 is 9.31 Å². The summed E-state index contributed by atoms with van der Waals surface area (Å²) in [5, 5.41) is 0. The second-order valence-electron chi connectivity index (χ2n) is 7.00. The topological polar surface area (TPSA) is 18.5 Å². The molecular formula is C16H22BFO2. The highest BCUT2D eigenvalue weighted by molar-refractivity contribution is 6.62. The molecule has 1 saturated carbocycles. The van der Waals surface area contributed by atoms with E-state index in [-0.39, 0.29) is 5.82 Å². The van der Waals surface area contributed by atoms with E-state index in [1.54, 1.807) is 6.07 Å². The van der Waals surface area contributed by atoms with E-state index in [0.29, 0.717) is 11.4 Å². The number of hydrogen-bond donors (Lipinski definition) is 0. The molecule has 0 radical (unpaired) electrons. The molecule has 0 atom stereocenters. The smallest absolute Gasteiger partial charge is 0.399 e. The molecule has 20 heavy (non-hydrogen) atoms. The molecule has 0 aromatic heterocycles. The summed E-state index contributed by atoms with van der Waals surface area (Å²) in [6, 6.07) is 5.38. The highest BCUT2D eigenvalue weighted by atomic mass is 19.1. The average Bonchev–Trinajstić information content (AvgIpc) is 2.48. The molecule has 0 unspecified atom stereocenters. The van der Waals surface area contributed by atoms with Crippen LogP contribution in [0, 0.1) is 5.82 Å². The van der Waals surface area contributed by atoms with Crippen molar-refractivity contribution in [2.75, 3.05) is 0 Å². The fraction of sp³-hybridized carbons (Fsp3) is 0.625. The molecular weight excluding hydrogens is 254 g/mol. The highest BCUT2D eigenvalue weighted by Gasteiger charge is 2.52. The maximum absolute atomic E-state index is 14.2. The first-order valence-corrected chi connectivity index (χ1v) is 7.45. The first kappa shape index (κ1) is 14.1. The van der Waals surface area contributed by atoms with Crippen molar-refractivity contribution < 1.29 is 13.7 Å². The van der Waals surface area contributed by atoms with Crippen LogP contribution < -0.4 is 5.46 Å². The van der Waals surface area contributed by atoms with Crippen molar-refractivity contribution in [2.45, 2.75) is 64.1 Å². The van der Waals surface area contributed by atoms with Gasteiger partial charge in [0.25, 0.3) is 0 Å². The van der Waals surface area contributed by atoms with Crippen LogP contribution in [0.2, 0.25) is 0 Å². The molecule has 2 nitrogen and oxygen atoms in total. The van der Waals surface area contributed by atoms with Gasteiger partial charge in [-0.3, -0.25) is 0 Å². The molecule has 0 spiro atoms. The van der Waals surface area contributed by atoms with Gasteiger partial charge in [0.05, 0.1) is 11.2 Å². The Morgan fingerprint density at radius 1 is 1.10 bits per heavy atom. The van der Waals surface area contributed by atoms with Crippen molar-refractivity contribution in [2.24, 2.45) is 0 Å². The lowest BCUT2D eigenvalue weighted by molar-refractivity contribution is 0.00578. The summed E-state index contributed by atoms with van der Waals surface area (Å²) in [7, 11) is -0.611. The second kappa shape index (κ2) is 4.57. The van der Waals surface area contributed by atoms with Crippen LogP contribution in [0.5, 0.6) is 0 Å². The van der Waals surface area contributed by atoms with E-state index in [4.69, 9.17) is 9.31 Å². The van der Waals surface area contributed by atoms with Gasteiger partial charge in [0.2, 0.25) is 0 Å². The average molecular weight is 276 g/mol. The molecule has 3 rings (SSSR count). The summed E-state index contributed by atoms with van der Waals surface area (Å²) in [5.41, 5.74) is 0.878. The maximum atomic E-state index is 14.2. The van der Waals surface area contributed by atoms with E-state index in [1.807, 2.05) is 39.8 Å². The Hall–Kier alpha value is -0.865. The number of halogens is 1. The molecule has 108 valence electrons. The Labute approximate surface area is 120 Å². The third kappa shape index (κ3) is 2.19.